The van der Waals surface area contributed by atoms with Gasteiger partial charge in [-0.2, -0.15) is 0 Å². The van der Waals surface area contributed by atoms with E-state index in [1.54, 1.807) is 0 Å². The zero-order valence-corrected chi connectivity index (χ0v) is 6.96. The van der Waals surface area contributed by atoms with E-state index in [-0.39, 0.29) is 0 Å². The molecule has 2 rings (SSSR count). The number of rotatable bonds is 1. The Morgan fingerprint density at radius 2 is 1.83 bits per heavy atom. The van der Waals surface area contributed by atoms with Crippen LogP contribution in [0, 0.1) is 0 Å². The van der Waals surface area contributed by atoms with Gasteiger partial charge in [-0.3, -0.25) is 0 Å². The van der Waals surface area contributed by atoms with Crippen molar-refractivity contribution in [2.24, 2.45) is 0 Å². The summed E-state index contributed by atoms with van der Waals surface area (Å²) in [5.41, 5.74) is 13.8. The van der Waals surface area contributed by atoms with Crippen LogP contribution in [0.2, 0.25) is 0 Å². The highest BCUT2D eigenvalue weighted by atomic mass is 15.2. The Morgan fingerprint density at radius 3 is 2.33 bits per heavy atom. The van der Waals surface area contributed by atoms with E-state index in [1.807, 2.05) is 18.2 Å². The Kier molecular flexibility index (Phi) is 1.57. The van der Waals surface area contributed by atoms with Crippen molar-refractivity contribution >= 4 is 17.1 Å². The van der Waals surface area contributed by atoms with Crippen LogP contribution in [0.5, 0.6) is 0 Å². The van der Waals surface area contributed by atoms with Gasteiger partial charge in [0.2, 0.25) is 0 Å². The number of benzene rings is 1. The quantitative estimate of drug-likeness (QED) is 0.609. The van der Waals surface area contributed by atoms with Gasteiger partial charge in [0.1, 0.15) is 0 Å². The summed E-state index contributed by atoms with van der Waals surface area (Å²) in [7, 11) is 0. The monoisotopic (exact) mass is 163 g/mol. The minimum Gasteiger partial charge on any atom is -0.397 e. The molecule has 4 N–H and O–H groups in total. The van der Waals surface area contributed by atoms with E-state index < -0.39 is 0 Å². The zero-order chi connectivity index (χ0) is 8.55. The molecule has 3 nitrogen and oxygen atoms in total. The predicted octanol–water partition coefficient (Wildman–Crippen LogP) is 1.06. The van der Waals surface area contributed by atoms with E-state index >= 15 is 0 Å². The summed E-state index contributed by atoms with van der Waals surface area (Å²) in [5, 5.41) is 0. The first-order chi connectivity index (χ1) is 5.77. The molecule has 1 aliphatic heterocycles. The molecule has 64 valence electrons. The minimum absolute atomic E-state index is 0.666. The SMILES string of the molecule is Nc1ccc(N2CCC2)cc1N. The molecule has 0 spiro atoms. The van der Waals surface area contributed by atoms with Crippen molar-refractivity contribution in [1.82, 2.24) is 0 Å². The largest absolute Gasteiger partial charge is 0.397 e. The summed E-state index contributed by atoms with van der Waals surface area (Å²) in [6.45, 7) is 2.28. The van der Waals surface area contributed by atoms with Crippen molar-refractivity contribution in [2.75, 3.05) is 29.5 Å². The Hall–Kier alpha value is -1.38. The van der Waals surface area contributed by atoms with Crippen molar-refractivity contribution in [2.45, 2.75) is 6.42 Å². The van der Waals surface area contributed by atoms with Gasteiger partial charge in [0.15, 0.2) is 0 Å². The van der Waals surface area contributed by atoms with Gasteiger partial charge in [-0.1, -0.05) is 0 Å². The molecule has 0 saturated carbocycles. The summed E-state index contributed by atoms with van der Waals surface area (Å²) in [4.78, 5) is 2.29. The Balaban J connectivity index is 2.27. The maximum Gasteiger partial charge on any atom is 0.0568 e. The molecule has 12 heavy (non-hydrogen) atoms. The number of nitrogen functional groups attached to an aromatic ring is 2. The lowest BCUT2D eigenvalue weighted by Crippen LogP contribution is -2.36. The van der Waals surface area contributed by atoms with Gasteiger partial charge < -0.3 is 16.4 Å². The van der Waals surface area contributed by atoms with E-state index in [9.17, 15) is 0 Å². The fraction of sp³-hybridized carbons (Fsp3) is 0.333. The standard InChI is InChI=1S/C9H13N3/c10-8-3-2-7(6-9(8)11)12-4-1-5-12/h2-3,6H,1,4-5,10-11H2. The lowest BCUT2D eigenvalue weighted by Gasteiger charge is -2.33. The fourth-order valence-electron chi connectivity index (χ4n) is 1.33. The second kappa shape index (κ2) is 2.59. The van der Waals surface area contributed by atoms with E-state index in [4.69, 9.17) is 11.5 Å². The van der Waals surface area contributed by atoms with Crippen molar-refractivity contribution in [3.63, 3.8) is 0 Å². The van der Waals surface area contributed by atoms with Crippen LogP contribution < -0.4 is 16.4 Å². The first-order valence-corrected chi connectivity index (χ1v) is 4.17. The molecule has 1 aromatic carbocycles. The lowest BCUT2D eigenvalue weighted by molar-refractivity contribution is 0.618. The molecule has 1 saturated heterocycles. The molecule has 0 unspecified atom stereocenters. The topological polar surface area (TPSA) is 55.3 Å². The Labute approximate surface area is 72.0 Å². The van der Waals surface area contributed by atoms with Crippen LogP contribution in [0.3, 0.4) is 0 Å². The summed E-state index contributed by atoms with van der Waals surface area (Å²) in [6.07, 6.45) is 1.28. The molecule has 1 aromatic rings. The third-order valence-corrected chi connectivity index (χ3v) is 2.29. The molecule has 0 radical (unpaired) electrons. The molecule has 3 heteroatoms. The number of hydrogen-bond acceptors (Lipinski definition) is 3. The van der Waals surface area contributed by atoms with Gasteiger partial charge in [-0.05, 0) is 24.6 Å². The molecule has 1 fully saturated rings. The van der Waals surface area contributed by atoms with Crippen LogP contribution in [-0.2, 0) is 0 Å². The molecule has 0 atom stereocenters. The Bertz CT molecular complexity index is 292. The van der Waals surface area contributed by atoms with Crippen molar-refractivity contribution in [1.29, 1.82) is 0 Å². The first kappa shape index (κ1) is 7.28. The predicted molar refractivity (Wildman–Crippen MR) is 52.1 cm³/mol. The highest BCUT2D eigenvalue weighted by Crippen LogP contribution is 2.25. The van der Waals surface area contributed by atoms with Crippen LogP contribution in [0.1, 0.15) is 6.42 Å². The number of nitrogens with two attached hydrogens (primary N) is 2. The number of hydrogen-bond donors (Lipinski definition) is 2. The summed E-state index contributed by atoms with van der Waals surface area (Å²) in [5.74, 6) is 0. The van der Waals surface area contributed by atoms with E-state index in [1.165, 1.54) is 12.1 Å². The fourth-order valence-corrected chi connectivity index (χ4v) is 1.33. The molecule has 0 aromatic heterocycles. The first-order valence-electron chi connectivity index (χ1n) is 4.17. The van der Waals surface area contributed by atoms with Gasteiger partial charge in [0, 0.05) is 18.8 Å². The highest BCUT2D eigenvalue weighted by Gasteiger charge is 2.14. The average molecular weight is 163 g/mol. The smallest absolute Gasteiger partial charge is 0.0568 e. The van der Waals surface area contributed by atoms with Crippen LogP contribution >= 0.6 is 0 Å². The third kappa shape index (κ3) is 1.07. The minimum atomic E-state index is 0.666. The lowest BCUT2D eigenvalue weighted by atomic mass is 10.1. The van der Waals surface area contributed by atoms with Crippen molar-refractivity contribution in [3.05, 3.63) is 18.2 Å². The number of nitrogens with zero attached hydrogens (tertiary/aromatic N) is 1. The van der Waals surface area contributed by atoms with Crippen molar-refractivity contribution < 1.29 is 0 Å². The molecular weight excluding hydrogens is 150 g/mol. The zero-order valence-electron chi connectivity index (χ0n) is 6.96. The molecule has 1 heterocycles. The molecule has 0 bridgehead atoms. The van der Waals surface area contributed by atoms with Gasteiger partial charge in [-0.15, -0.1) is 0 Å². The van der Waals surface area contributed by atoms with Gasteiger partial charge in [0.05, 0.1) is 11.4 Å². The summed E-state index contributed by atoms with van der Waals surface area (Å²) >= 11 is 0. The van der Waals surface area contributed by atoms with Crippen LogP contribution in [-0.4, -0.2) is 13.1 Å². The molecule has 1 aliphatic rings. The van der Waals surface area contributed by atoms with E-state index in [2.05, 4.69) is 4.90 Å². The average Bonchev–Trinajstić information content (AvgIpc) is 1.93. The van der Waals surface area contributed by atoms with Crippen LogP contribution in [0.15, 0.2) is 18.2 Å². The van der Waals surface area contributed by atoms with Crippen LogP contribution in [0.25, 0.3) is 0 Å². The van der Waals surface area contributed by atoms with E-state index in [0.29, 0.717) is 11.4 Å². The maximum absolute atomic E-state index is 5.69. The number of anilines is 3. The normalized spacial score (nSPS) is 15.8. The Morgan fingerprint density at radius 1 is 1.08 bits per heavy atom. The maximum atomic E-state index is 5.69. The molecule has 0 amide bonds. The highest BCUT2D eigenvalue weighted by molar-refractivity contribution is 5.70. The second-order valence-corrected chi connectivity index (χ2v) is 3.15. The molecule has 0 aliphatic carbocycles. The van der Waals surface area contributed by atoms with Gasteiger partial charge in [-0.25, -0.2) is 0 Å². The van der Waals surface area contributed by atoms with Crippen LogP contribution in [0.4, 0.5) is 17.1 Å². The van der Waals surface area contributed by atoms with Crippen molar-refractivity contribution in [3.8, 4) is 0 Å². The van der Waals surface area contributed by atoms with E-state index in [0.717, 1.165) is 13.1 Å². The second-order valence-electron chi connectivity index (χ2n) is 3.15. The molecular formula is C9H13N3. The summed E-state index contributed by atoms with van der Waals surface area (Å²) in [6, 6.07) is 5.82. The summed E-state index contributed by atoms with van der Waals surface area (Å²) < 4.78 is 0. The van der Waals surface area contributed by atoms with Gasteiger partial charge in [0.25, 0.3) is 0 Å². The third-order valence-electron chi connectivity index (χ3n) is 2.29. The van der Waals surface area contributed by atoms with Gasteiger partial charge >= 0.3 is 0 Å².